The zero-order valence-electron chi connectivity index (χ0n) is 9.56. The first-order chi connectivity index (χ1) is 8.72. The van der Waals surface area contributed by atoms with Gasteiger partial charge in [0.25, 0.3) is 5.91 Å². The predicted molar refractivity (Wildman–Crippen MR) is 79.5 cm³/mol. The lowest BCUT2D eigenvalue weighted by molar-refractivity contribution is 0.102. The van der Waals surface area contributed by atoms with Crippen LogP contribution in [0.15, 0.2) is 48.5 Å². The second-order valence-corrected chi connectivity index (χ2v) is 4.91. The van der Waals surface area contributed by atoms with Crippen molar-refractivity contribution in [2.75, 3.05) is 5.32 Å². The first-order valence-electron chi connectivity index (χ1n) is 5.47. The smallest absolute Gasteiger partial charge is 0.256 e. The molecule has 0 aromatic heterocycles. The maximum Gasteiger partial charge on any atom is 0.256 e. The van der Waals surface area contributed by atoms with E-state index in [1.54, 1.807) is 18.2 Å². The van der Waals surface area contributed by atoms with Gasteiger partial charge in [-0.1, -0.05) is 30.3 Å². The highest BCUT2D eigenvalue weighted by molar-refractivity contribution is 14.1. The third-order valence-electron chi connectivity index (χ3n) is 2.55. The SMILES string of the molecule is O=C(Nc1ccccc1CO)c1ccccc1I. The summed E-state index contributed by atoms with van der Waals surface area (Å²) in [7, 11) is 0. The standard InChI is InChI=1S/C14H12INO2/c15-12-7-3-2-6-11(12)14(18)16-13-8-4-1-5-10(13)9-17/h1-8,17H,9H2,(H,16,18). The molecule has 1 amide bonds. The van der Waals surface area contributed by atoms with Crippen LogP contribution in [0, 0.1) is 3.57 Å². The lowest BCUT2D eigenvalue weighted by atomic mass is 10.1. The van der Waals surface area contributed by atoms with Gasteiger partial charge in [-0.3, -0.25) is 4.79 Å². The number of aliphatic hydroxyl groups is 1. The minimum absolute atomic E-state index is 0.0949. The molecule has 0 radical (unpaired) electrons. The van der Waals surface area contributed by atoms with Crippen molar-refractivity contribution < 1.29 is 9.90 Å². The second-order valence-electron chi connectivity index (χ2n) is 3.75. The number of hydrogen-bond donors (Lipinski definition) is 2. The van der Waals surface area contributed by atoms with Crippen LogP contribution in [0.3, 0.4) is 0 Å². The van der Waals surface area contributed by atoms with E-state index in [1.807, 2.05) is 30.3 Å². The molecule has 2 N–H and O–H groups in total. The monoisotopic (exact) mass is 353 g/mol. The Labute approximate surface area is 119 Å². The molecule has 0 aliphatic rings. The number of amides is 1. The Hall–Kier alpha value is -1.40. The van der Waals surface area contributed by atoms with Gasteiger partial charge >= 0.3 is 0 Å². The van der Waals surface area contributed by atoms with Crippen molar-refractivity contribution >= 4 is 34.2 Å². The summed E-state index contributed by atoms with van der Waals surface area (Å²) >= 11 is 2.13. The average Bonchev–Trinajstić information content (AvgIpc) is 2.39. The summed E-state index contributed by atoms with van der Waals surface area (Å²) in [4.78, 5) is 12.1. The van der Waals surface area contributed by atoms with Crippen LogP contribution in [0.5, 0.6) is 0 Å². The topological polar surface area (TPSA) is 49.3 Å². The molecule has 0 saturated heterocycles. The van der Waals surface area contributed by atoms with Gasteiger partial charge in [0.05, 0.1) is 12.2 Å². The van der Waals surface area contributed by atoms with Crippen molar-refractivity contribution in [2.24, 2.45) is 0 Å². The quantitative estimate of drug-likeness (QED) is 0.834. The minimum atomic E-state index is -0.166. The van der Waals surface area contributed by atoms with Crippen LogP contribution in [0.1, 0.15) is 15.9 Å². The molecule has 0 saturated carbocycles. The van der Waals surface area contributed by atoms with Crippen molar-refractivity contribution in [1.82, 2.24) is 0 Å². The van der Waals surface area contributed by atoms with Gasteiger partial charge in [0.2, 0.25) is 0 Å². The number of benzene rings is 2. The molecule has 2 rings (SSSR count). The Balaban J connectivity index is 2.24. The van der Waals surface area contributed by atoms with E-state index in [0.29, 0.717) is 16.8 Å². The largest absolute Gasteiger partial charge is 0.392 e. The normalized spacial score (nSPS) is 10.1. The number of nitrogens with one attached hydrogen (secondary N) is 1. The van der Waals surface area contributed by atoms with Gasteiger partial charge in [0, 0.05) is 14.8 Å². The highest BCUT2D eigenvalue weighted by Gasteiger charge is 2.10. The van der Waals surface area contributed by atoms with Crippen molar-refractivity contribution in [1.29, 1.82) is 0 Å². The van der Waals surface area contributed by atoms with Gasteiger partial charge in [-0.25, -0.2) is 0 Å². The molecule has 0 fully saturated rings. The summed E-state index contributed by atoms with van der Waals surface area (Å²) in [6.07, 6.45) is 0. The van der Waals surface area contributed by atoms with E-state index in [-0.39, 0.29) is 12.5 Å². The number of rotatable bonds is 3. The first-order valence-corrected chi connectivity index (χ1v) is 6.55. The molecular weight excluding hydrogens is 341 g/mol. The summed E-state index contributed by atoms with van der Waals surface area (Å²) < 4.78 is 0.897. The van der Waals surface area contributed by atoms with Crippen LogP contribution in [0.25, 0.3) is 0 Å². The highest BCUT2D eigenvalue weighted by atomic mass is 127. The lowest BCUT2D eigenvalue weighted by Crippen LogP contribution is -2.14. The zero-order valence-corrected chi connectivity index (χ0v) is 11.7. The van der Waals surface area contributed by atoms with Gasteiger partial charge in [-0.05, 0) is 40.8 Å². The van der Waals surface area contributed by atoms with Crippen LogP contribution >= 0.6 is 22.6 Å². The van der Waals surface area contributed by atoms with Crippen LogP contribution in [0.4, 0.5) is 5.69 Å². The van der Waals surface area contributed by atoms with Gasteiger partial charge in [0.15, 0.2) is 0 Å². The van der Waals surface area contributed by atoms with E-state index >= 15 is 0 Å². The van der Waals surface area contributed by atoms with Crippen LogP contribution in [0.2, 0.25) is 0 Å². The number of hydrogen-bond acceptors (Lipinski definition) is 2. The van der Waals surface area contributed by atoms with E-state index in [0.717, 1.165) is 3.57 Å². The third-order valence-corrected chi connectivity index (χ3v) is 3.50. The number of carbonyl (C=O) groups excluding carboxylic acids is 1. The molecule has 0 bridgehead atoms. The fourth-order valence-corrected chi connectivity index (χ4v) is 2.25. The summed E-state index contributed by atoms with van der Waals surface area (Å²) in [5.74, 6) is -0.166. The molecule has 2 aromatic rings. The summed E-state index contributed by atoms with van der Waals surface area (Å²) in [5, 5.41) is 12.0. The molecule has 3 nitrogen and oxygen atoms in total. The fraction of sp³-hybridized carbons (Fsp3) is 0.0714. The average molecular weight is 353 g/mol. The van der Waals surface area contributed by atoms with Crippen molar-refractivity contribution in [2.45, 2.75) is 6.61 Å². The number of halogens is 1. The van der Waals surface area contributed by atoms with Crippen molar-refractivity contribution in [3.63, 3.8) is 0 Å². The van der Waals surface area contributed by atoms with Gasteiger partial charge in [0.1, 0.15) is 0 Å². The third kappa shape index (κ3) is 2.88. The Morgan fingerprint density at radius 2 is 1.78 bits per heavy atom. The molecule has 18 heavy (non-hydrogen) atoms. The van der Waals surface area contributed by atoms with E-state index < -0.39 is 0 Å². The number of anilines is 1. The number of aliphatic hydroxyl groups excluding tert-OH is 1. The second kappa shape index (κ2) is 5.97. The molecule has 4 heteroatoms. The lowest BCUT2D eigenvalue weighted by Gasteiger charge is -2.10. The van der Waals surface area contributed by atoms with Crippen LogP contribution in [-0.4, -0.2) is 11.0 Å². The zero-order chi connectivity index (χ0) is 13.0. The van der Waals surface area contributed by atoms with Crippen LogP contribution < -0.4 is 5.32 Å². The molecule has 0 unspecified atom stereocenters. The molecule has 2 aromatic carbocycles. The molecule has 0 aliphatic heterocycles. The maximum absolute atomic E-state index is 12.1. The van der Waals surface area contributed by atoms with Crippen molar-refractivity contribution in [3.05, 3.63) is 63.2 Å². The van der Waals surface area contributed by atoms with Gasteiger partial charge in [-0.2, -0.15) is 0 Å². The Morgan fingerprint density at radius 1 is 1.11 bits per heavy atom. The Morgan fingerprint density at radius 3 is 2.50 bits per heavy atom. The fourth-order valence-electron chi connectivity index (χ4n) is 1.62. The molecule has 92 valence electrons. The van der Waals surface area contributed by atoms with E-state index in [1.165, 1.54) is 0 Å². The van der Waals surface area contributed by atoms with E-state index in [9.17, 15) is 9.90 Å². The van der Waals surface area contributed by atoms with E-state index in [2.05, 4.69) is 27.9 Å². The van der Waals surface area contributed by atoms with Gasteiger partial charge in [-0.15, -0.1) is 0 Å². The van der Waals surface area contributed by atoms with Crippen LogP contribution in [-0.2, 0) is 6.61 Å². The predicted octanol–water partition coefficient (Wildman–Crippen LogP) is 3.04. The highest BCUT2D eigenvalue weighted by Crippen LogP contribution is 2.18. The summed E-state index contributed by atoms with van der Waals surface area (Å²) in [5.41, 5.74) is 1.98. The molecule has 0 aliphatic carbocycles. The van der Waals surface area contributed by atoms with E-state index in [4.69, 9.17) is 0 Å². The molecule has 0 atom stereocenters. The number of para-hydroxylation sites is 1. The Bertz CT molecular complexity index is 569. The van der Waals surface area contributed by atoms with Gasteiger partial charge < -0.3 is 10.4 Å². The first kappa shape index (κ1) is 13.0. The molecule has 0 spiro atoms. The molecule has 0 heterocycles. The number of carbonyl (C=O) groups is 1. The maximum atomic E-state index is 12.1. The Kier molecular flexibility index (Phi) is 4.33. The summed E-state index contributed by atoms with van der Waals surface area (Å²) in [6, 6.07) is 14.6. The summed E-state index contributed by atoms with van der Waals surface area (Å²) in [6.45, 7) is -0.0949. The minimum Gasteiger partial charge on any atom is -0.392 e. The molecular formula is C14H12INO2. The van der Waals surface area contributed by atoms with Crippen molar-refractivity contribution in [3.8, 4) is 0 Å².